The standard InChI is InChI=1S/C21H29N4O9P/c1-6-7-8-30-18(26)19(35-27)31-9-11-13-14(34-21(2,3)33-13)17(32-11)25-10-22-12-15(25)23-20(29-5)24-16(12)28-4/h10-11,13-14,17,19H,6-9H2,1-5H3/t11-,13-,14-,17-,19?/m1/s1. The second kappa shape index (κ2) is 10.7. The first kappa shape index (κ1) is 25.6. The maximum atomic E-state index is 12.2. The second-order valence-corrected chi connectivity index (χ2v) is 9.17. The summed E-state index contributed by atoms with van der Waals surface area (Å²) < 4.78 is 53.0. The van der Waals surface area contributed by atoms with Crippen LogP contribution >= 0.6 is 8.46 Å². The number of nitrogens with zero attached hydrogens (tertiary/aromatic N) is 4. The Hall–Kier alpha value is -2.44. The molecule has 0 amide bonds. The fourth-order valence-electron chi connectivity index (χ4n) is 4.02. The van der Waals surface area contributed by atoms with Crippen molar-refractivity contribution in [2.75, 3.05) is 27.4 Å². The Bertz CT molecular complexity index is 1060. The van der Waals surface area contributed by atoms with Crippen LogP contribution in [0.2, 0.25) is 0 Å². The summed E-state index contributed by atoms with van der Waals surface area (Å²) in [5.74, 6) is -2.59. The van der Waals surface area contributed by atoms with Crippen LogP contribution in [-0.4, -0.2) is 82.9 Å². The van der Waals surface area contributed by atoms with Gasteiger partial charge >= 0.3 is 12.0 Å². The quantitative estimate of drug-likeness (QED) is 0.247. The van der Waals surface area contributed by atoms with Crippen molar-refractivity contribution in [2.45, 2.75) is 69.8 Å². The van der Waals surface area contributed by atoms with Crippen molar-refractivity contribution >= 4 is 25.6 Å². The van der Waals surface area contributed by atoms with E-state index in [4.69, 9.17) is 33.2 Å². The number of carbonyl (C=O) groups is 1. The molecule has 2 aromatic rings. The van der Waals surface area contributed by atoms with E-state index >= 15 is 0 Å². The zero-order valence-corrected chi connectivity index (χ0v) is 21.1. The Morgan fingerprint density at radius 3 is 2.69 bits per heavy atom. The SMILES string of the molecule is CCCCOC(=O)C(OC[C@H]1O[C@@H](n2cnc3c(OC)nc(OC)nc32)[C@@H]2OC(C)(C)O[C@@H]21)P=O. The van der Waals surface area contributed by atoms with Crippen molar-refractivity contribution in [1.29, 1.82) is 0 Å². The van der Waals surface area contributed by atoms with Gasteiger partial charge in [0.25, 0.3) is 0 Å². The summed E-state index contributed by atoms with van der Waals surface area (Å²) in [6.45, 7) is 5.74. The Morgan fingerprint density at radius 2 is 2.00 bits per heavy atom. The van der Waals surface area contributed by atoms with Gasteiger partial charge in [-0.2, -0.15) is 9.97 Å². The first-order valence-electron chi connectivity index (χ1n) is 11.3. The van der Waals surface area contributed by atoms with E-state index < -0.39 is 50.6 Å². The maximum absolute atomic E-state index is 12.2. The first-order valence-corrected chi connectivity index (χ1v) is 12.1. The van der Waals surface area contributed by atoms with Crippen molar-refractivity contribution in [2.24, 2.45) is 0 Å². The van der Waals surface area contributed by atoms with E-state index in [0.29, 0.717) is 17.6 Å². The number of fused-ring (bicyclic) bond motifs is 2. The van der Waals surface area contributed by atoms with Gasteiger partial charge in [-0.15, -0.1) is 0 Å². The zero-order chi connectivity index (χ0) is 25.2. The molecule has 13 nitrogen and oxygen atoms in total. The summed E-state index contributed by atoms with van der Waals surface area (Å²) in [6.07, 6.45) is 0.731. The molecular formula is C21H29N4O9P. The molecule has 2 aliphatic heterocycles. The number of hydrogen-bond acceptors (Lipinski definition) is 12. The van der Waals surface area contributed by atoms with Crippen LogP contribution in [-0.2, 0) is 33.0 Å². The van der Waals surface area contributed by atoms with E-state index in [0.717, 1.165) is 6.42 Å². The molecule has 0 saturated carbocycles. The normalized spacial score (nSPS) is 26.1. The third-order valence-electron chi connectivity index (χ3n) is 5.60. The molecular weight excluding hydrogens is 483 g/mol. The minimum atomic E-state index is -1.27. The van der Waals surface area contributed by atoms with Gasteiger partial charge in [0.05, 0.1) is 33.8 Å². The molecule has 0 N–H and O–H groups in total. The summed E-state index contributed by atoms with van der Waals surface area (Å²) in [7, 11) is 2.43. The van der Waals surface area contributed by atoms with Crippen LogP contribution in [0, 0.1) is 0 Å². The lowest BCUT2D eigenvalue weighted by Crippen LogP contribution is -2.35. The molecule has 4 heterocycles. The van der Waals surface area contributed by atoms with Crippen molar-refractivity contribution in [3.05, 3.63) is 6.33 Å². The molecule has 14 heteroatoms. The molecule has 5 atom stereocenters. The van der Waals surface area contributed by atoms with Gasteiger partial charge < -0.3 is 33.2 Å². The number of methoxy groups -OCH3 is 2. The molecule has 0 bridgehead atoms. The molecule has 2 aliphatic rings. The third-order valence-corrected chi connectivity index (χ3v) is 6.15. The van der Waals surface area contributed by atoms with Crippen molar-refractivity contribution in [3.8, 4) is 11.9 Å². The highest BCUT2D eigenvalue weighted by Gasteiger charge is 2.56. The number of carbonyl (C=O) groups excluding carboxylic acids is 1. The minimum Gasteiger partial charge on any atom is -0.479 e. The monoisotopic (exact) mass is 512 g/mol. The van der Waals surface area contributed by atoms with Crippen LogP contribution in [0.5, 0.6) is 11.9 Å². The highest BCUT2D eigenvalue weighted by atomic mass is 31.1. The number of aromatic nitrogens is 4. The molecule has 4 rings (SSSR count). The number of rotatable bonds is 11. The highest BCUT2D eigenvalue weighted by molar-refractivity contribution is 7.26. The predicted molar refractivity (Wildman–Crippen MR) is 119 cm³/mol. The second-order valence-electron chi connectivity index (χ2n) is 8.49. The maximum Gasteiger partial charge on any atom is 0.347 e. The van der Waals surface area contributed by atoms with E-state index in [1.54, 1.807) is 24.7 Å². The highest BCUT2D eigenvalue weighted by Crippen LogP contribution is 2.44. The Morgan fingerprint density at radius 1 is 1.23 bits per heavy atom. The Labute approximate surface area is 203 Å². The number of ether oxygens (including phenoxy) is 7. The fraction of sp³-hybridized carbons (Fsp3) is 0.714. The van der Waals surface area contributed by atoms with Crippen molar-refractivity contribution in [3.63, 3.8) is 0 Å². The average molecular weight is 512 g/mol. The molecule has 0 spiro atoms. The molecule has 0 radical (unpaired) electrons. The minimum absolute atomic E-state index is 0.0753. The van der Waals surface area contributed by atoms with Crippen molar-refractivity contribution in [1.82, 2.24) is 19.5 Å². The molecule has 35 heavy (non-hydrogen) atoms. The van der Waals surface area contributed by atoms with E-state index in [2.05, 4.69) is 15.0 Å². The smallest absolute Gasteiger partial charge is 0.347 e. The molecule has 2 aromatic heterocycles. The summed E-state index contributed by atoms with van der Waals surface area (Å²) in [4.78, 5) is 25.1. The molecule has 2 fully saturated rings. The summed E-state index contributed by atoms with van der Waals surface area (Å²) in [5.41, 5.74) is 0.842. The molecule has 192 valence electrons. The van der Waals surface area contributed by atoms with Gasteiger partial charge in [0.1, 0.15) is 18.3 Å². The van der Waals surface area contributed by atoms with Gasteiger partial charge in [-0.05, 0) is 20.3 Å². The van der Waals surface area contributed by atoms with E-state index in [-0.39, 0.29) is 25.1 Å². The molecule has 0 aromatic carbocycles. The van der Waals surface area contributed by atoms with Crippen LogP contribution in [0.25, 0.3) is 11.2 Å². The summed E-state index contributed by atoms with van der Waals surface area (Å²) in [5, 5.41) is 0. The number of imidazole rings is 1. The number of hydrogen-bond donors (Lipinski definition) is 0. The van der Waals surface area contributed by atoms with Crippen LogP contribution < -0.4 is 9.47 Å². The average Bonchev–Trinajstić information content (AvgIpc) is 3.49. The van der Waals surface area contributed by atoms with Crippen LogP contribution in [0.15, 0.2) is 6.33 Å². The van der Waals surface area contributed by atoms with Gasteiger partial charge in [-0.1, -0.05) is 13.3 Å². The number of esters is 1. The lowest BCUT2D eigenvalue weighted by atomic mass is 10.1. The zero-order valence-electron chi connectivity index (χ0n) is 20.2. The fourth-order valence-corrected chi connectivity index (χ4v) is 4.33. The van der Waals surface area contributed by atoms with Gasteiger partial charge in [0.2, 0.25) is 11.7 Å². The van der Waals surface area contributed by atoms with Gasteiger partial charge in [0, 0.05) is 0 Å². The van der Waals surface area contributed by atoms with Crippen molar-refractivity contribution < 1.29 is 42.5 Å². The summed E-state index contributed by atoms with van der Waals surface area (Å²) >= 11 is 0. The molecule has 0 aliphatic carbocycles. The first-order chi connectivity index (χ1) is 16.8. The lowest BCUT2D eigenvalue weighted by Gasteiger charge is -2.25. The number of unbranched alkanes of at least 4 members (excludes halogenated alkanes) is 1. The largest absolute Gasteiger partial charge is 0.479 e. The Balaban J connectivity index is 1.56. The topological polar surface area (TPSA) is 142 Å². The lowest BCUT2D eigenvalue weighted by molar-refractivity contribution is -0.203. The van der Waals surface area contributed by atoms with E-state index in [1.165, 1.54) is 14.2 Å². The molecule has 2 saturated heterocycles. The van der Waals surface area contributed by atoms with Crippen LogP contribution in [0.4, 0.5) is 0 Å². The summed E-state index contributed by atoms with van der Waals surface area (Å²) in [6, 6.07) is 0.105. The van der Waals surface area contributed by atoms with E-state index in [9.17, 15) is 9.36 Å². The molecule has 1 unspecified atom stereocenters. The Kier molecular flexibility index (Phi) is 7.82. The van der Waals surface area contributed by atoms with Gasteiger partial charge in [0.15, 0.2) is 31.6 Å². The predicted octanol–water partition coefficient (Wildman–Crippen LogP) is 2.24. The van der Waals surface area contributed by atoms with Gasteiger partial charge in [-0.25, -0.2) is 9.78 Å². The van der Waals surface area contributed by atoms with Gasteiger partial charge in [-0.3, -0.25) is 9.13 Å². The van der Waals surface area contributed by atoms with Crippen LogP contribution in [0.1, 0.15) is 39.8 Å². The van der Waals surface area contributed by atoms with Crippen LogP contribution in [0.3, 0.4) is 0 Å². The third kappa shape index (κ3) is 5.24. The van der Waals surface area contributed by atoms with E-state index in [1.807, 2.05) is 6.92 Å².